The van der Waals surface area contributed by atoms with Gasteiger partial charge < -0.3 is 15.0 Å². The van der Waals surface area contributed by atoms with E-state index in [1.54, 1.807) is 24.5 Å². The van der Waals surface area contributed by atoms with Gasteiger partial charge in [0, 0.05) is 24.8 Å². The first-order chi connectivity index (χ1) is 14.1. The molecule has 1 aromatic carbocycles. The van der Waals surface area contributed by atoms with E-state index in [-0.39, 0.29) is 11.7 Å². The van der Waals surface area contributed by atoms with Crippen LogP contribution < -0.4 is 15.0 Å². The summed E-state index contributed by atoms with van der Waals surface area (Å²) >= 11 is 3.02. The molecule has 1 fully saturated rings. The van der Waals surface area contributed by atoms with Crippen LogP contribution in [-0.4, -0.2) is 46.8 Å². The maximum atomic E-state index is 12.4. The van der Waals surface area contributed by atoms with Crippen molar-refractivity contribution in [2.45, 2.75) is 24.8 Å². The standard InChI is InChI=1S/C20H23N5O2S2/c1-13-5-4-8-25(10-13)20-24-18-17(29-20)19(22-12-21-18)28-11-16(26)23-14-6-3-7-15(9-14)27-2/h3,6-7,9,12-13H,4-5,8,10-11H2,1-2H3,(H,23,26)/t13-/m1/s1. The van der Waals surface area contributed by atoms with Crippen LogP contribution in [0.5, 0.6) is 5.75 Å². The van der Waals surface area contributed by atoms with Gasteiger partial charge in [0.25, 0.3) is 0 Å². The highest BCUT2D eigenvalue weighted by Crippen LogP contribution is 2.35. The number of amides is 1. The molecule has 1 aliphatic heterocycles. The third-order valence-corrected chi connectivity index (χ3v) is 7.00. The second-order valence-corrected chi connectivity index (χ2v) is 9.03. The summed E-state index contributed by atoms with van der Waals surface area (Å²) in [5.41, 5.74) is 1.41. The van der Waals surface area contributed by atoms with Crippen molar-refractivity contribution in [2.75, 3.05) is 36.2 Å². The van der Waals surface area contributed by atoms with Gasteiger partial charge in [0.15, 0.2) is 10.8 Å². The molecule has 9 heteroatoms. The first-order valence-electron chi connectivity index (χ1n) is 9.55. The second kappa shape index (κ2) is 8.96. The van der Waals surface area contributed by atoms with E-state index in [1.807, 2.05) is 18.2 Å². The van der Waals surface area contributed by atoms with Crippen molar-refractivity contribution in [1.29, 1.82) is 0 Å². The topological polar surface area (TPSA) is 80.2 Å². The molecule has 0 radical (unpaired) electrons. The van der Waals surface area contributed by atoms with E-state index < -0.39 is 0 Å². The van der Waals surface area contributed by atoms with Crippen LogP contribution in [0.4, 0.5) is 10.8 Å². The number of nitrogens with zero attached hydrogens (tertiary/aromatic N) is 4. The third-order valence-electron chi connectivity index (χ3n) is 4.77. The fourth-order valence-electron chi connectivity index (χ4n) is 3.36. The van der Waals surface area contributed by atoms with Gasteiger partial charge in [-0.05, 0) is 30.9 Å². The van der Waals surface area contributed by atoms with E-state index in [2.05, 4.69) is 27.1 Å². The minimum absolute atomic E-state index is 0.0930. The van der Waals surface area contributed by atoms with Gasteiger partial charge in [-0.2, -0.15) is 4.98 Å². The van der Waals surface area contributed by atoms with E-state index >= 15 is 0 Å². The fourth-order valence-corrected chi connectivity index (χ4v) is 5.28. The quantitative estimate of drug-likeness (QED) is 0.467. The van der Waals surface area contributed by atoms with Crippen molar-refractivity contribution >= 4 is 50.2 Å². The van der Waals surface area contributed by atoms with Crippen LogP contribution in [0.3, 0.4) is 0 Å². The lowest BCUT2D eigenvalue weighted by Gasteiger charge is -2.30. The van der Waals surface area contributed by atoms with Crippen molar-refractivity contribution in [3.63, 3.8) is 0 Å². The Morgan fingerprint density at radius 1 is 1.41 bits per heavy atom. The number of thioether (sulfide) groups is 1. The second-order valence-electron chi connectivity index (χ2n) is 7.09. The normalized spacial score (nSPS) is 16.8. The first-order valence-corrected chi connectivity index (χ1v) is 11.4. The summed E-state index contributed by atoms with van der Waals surface area (Å²) in [5, 5.41) is 4.68. The molecule has 0 unspecified atom stereocenters. The number of piperidine rings is 1. The van der Waals surface area contributed by atoms with E-state index in [1.165, 1.54) is 30.9 Å². The van der Waals surface area contributed by atoms with Gasteiger partial charge in [-0.1, -0.05) is 36.1 Å². The average Bonchev–Trinajstić information content (AvgIpc) is 3.17. The number of benzene rings is 1. The number of fused-ring (bicyclic) bond motifs is 1. The molecule has 1 atom stereocenters. The Labute approximate surface area is 177 Å². The third kappa shape index (κ3) is 4.79. The number of thiazole rings is 1. The van der Waals surface area contributed by atoms with Crippen molar-refractivity contribution < 1.29 is 9.53 Å². The summed E-state index contributed by atoms with van der Waals surface area (Å²) in [5.74, 6) is 1.55. The van der Waals surface area contributed by atoms with Crippen LogP contribution in [0.25, 0.3) is 10.3 Å². The number of ether oxygens (including phenoxy) is 1. The number of hydrogen-bond donors (Lipinski definition) is 1. The van der Waals surface area contributed by atoms with Gasteiger partial charge in [0.1, 0.15) is 21.8 Å². The Morgan fingerprint density at radius 3 is 3.14 bits per heavy atom. The summed E-state index contributed by atoms with van der Waals surface area (Å²) < 4.78 is 6.13. The van der Waals surface area contributed by atoms with Crippen molar-refractivity contribution in [2.24, 2.45) is 5.92 Å². The Balaban J connectivity index is 1.44. The van der Waals surface area contributed by atoms with Crippen molar-refractivity contribution in [1.82, 2.24) is 15.0 Å². The van der Waals surface area contributed by atoms with Gasteiger partial charge in [-0.3, -0.25) is 4.79 Å². The van der Waals surface area contributed by atoms with Gasteiger partial charge in [0.05, 0.1) is 12.9 Å². The van der Waals surface area contributed by atoms with E-state index in [9.17, 15) is 4.79 Å². The fraction of sp³-hybridized carbons (Fsp3) is 0.400. The number of anilines is 2. The average molecular weight is 430 g/mol. The predicted molar refractivity (Wildman–Crippen MR) is 118 cm³/mol. The predicted octanol–water partition coefficient (Wildman–Crippen LogP) is 4.06. The highest BCUT2D eigenvalue weighted by Gasteiger charge is 2.21. The lowest BCUT2D eigenvalue weighted by Crippen LogP contribution is -2.34. The van der Waals surface area contributed by atoms with E-state index in [0.717, 1.165) is 27.9 Å². The minimum Gasteiger partial charge on any atom is -0.497 e. The zero-order valence-corrected chi connectivity index (χ0v) is 18.1. The molecule has 1 N–H and O–H groups in total. The molecule has 0 saturated carbocycles. The number of carbonyl (C=O) groups is 1. The van der Waals surface area contributed by atoms with Gasteiger partial charge in [-0.25, -0.2) is 9.97 Å². The highest BCUT2D eigenvalue weighted by molar-refractivity contribution is 8.00. The number of carbonyl (C=O) groups excluding carboxylic acids is 1. The van der Waals surface area contributed by atoms with Gasteiger partial charge in [-0.15, -0.1) is 0 Å². The molecule has 7 nitrogen and oxygen atoms in total. The lowest BCUT2D eigenvalue weighted by atomic mass is 10.0. The molecule has 0 spiro atoms. The molecule has 1 amide bonds. The number of rotatable bonds is 6. The van der Waals surface area contributed by atoms with Crippen LogP contribution >= 0.6 is 23.1 Å². The Hall–Kier alpha value is -2.39. The van der Waals surface area contributed by atoms with E-state index in [0.29, 0.717) is 23.0 Å². The Morgan fingerprint density at radius 2 is 2.31 bits per heavy atom. The monoisotopic (exact) mass is 429 g/mol. The number of aromatic nitrogens is 3. The van der Waals surface area contributed by atoms with Crippen LogP contribution in [0.1, 0.15) is 19.8 Å². The largest absolute Gasteiger partial charge is 0.497 e. The first kappa shape index (κ1) is 19.9. The van der Waals surface area contributed by atoms with Crippen LogP contribution in [0.15, 0.2) is 35.6 Å². The summed E-state index contributed by atoms with van der Waals surface area (Å²) in [7, 11) is 1.60. The zero-order chi connectivity index (χ0) is 20.2. The van der Waals surface area contributed by atoms with Crippen molar-refractivity contribution in [3.8, 4) is 5.75 Å². The number of methoxy groups -OCH3 is 1. The van der Waals surface area contributed by atoms with Crippen LogP contribution in [-0.2, 0) is 4.79 Å². The molecule has 1 saturated heterocycles. The molecular weight excluding hydrogens is 406 g/mol. The molecule has 152 valence electrons. The summed E-state index contributed by atoms with van der Waals surface area (Å²) in [6.07, 6.45) is 3.98. The SMILES string of the molecule is COc1cccc(NC(=O)CSc2ncnc3nc(N4CCC[C@@H](C)C4)sc23)c1. The molecule has 0 bridgehead atoms. The van der Waals surface area contributed by atoms with Crippen LogP contribution in [0, 0.1) is 5.92 Å². The molecule has 1 aliphatic rings. The Bertz CT molecular complexity index is 1010. The highest BCUT2D eigenvalue weighted by atomic mass is 32.2. The smallest absolute Gasteiger partial charge is 0.234 e. The number of hydrogen-bond acceptors (Lipinski definition) is 8. The van der Waals surface area contributed by atoms with Crippen LogP contribution in [0.2, 0.25) is 0 Å². The molecule has 0 aliphatic carbocycles. The maximum Gasteiger partial charge on any atom is 0.234 e. The molecule has 2 aromatic heterocycles. The number of nitrogens with one attached hydrogen (secondary N) is 1. The summed E-state index contributed by atoms with van der Waals surface area (Å²) in [6, 6.07) is 7.31. The molecule has 3 heterocycles. The van der Waals surface area contributed by atoms with Crippen molar-refractivity contribution in [3.05, 3.63) is 30.6 Å². The molecule has 3 aromatic rings. The lowest BCUT2D eigenvalue weighted by molar-refractivity contribution is -0.113. The van der Waals surface area contributed by atoms with E-state index in [4.69, 9.17) is 9.72 Å². The summed E-state index contributed by atoms with van der Waals surface area (Å²) in [6.45, 7) is 4.34. The van der Waals surface area contributed by atoms with Gasteiger partial charge in [0.2, 0.25) is 5.91 Å². The molecule has 29 heavy (non-hydrogen) atoms. The molecule has 4 rings (SSSR count). The maximum absolute atomic E-state index is 12.4. The molecular formula is C20H23N5O2S2. The minimum atomic E-state index is -0.0930. The van der Waals surface area contributed by atoms with Gasteiger partial charge >= 0.3 is 0 Å². The summed E-state index contributed by atoms with van der Waals surface area (Å²) in [4.78, 5) is 28.1. The Kier molecular flexibility index (Phi) is 6.15. The zero-order valence-electron chi connectivity index (χ0n) is 16.4.